The predicted molar refractivity (Wildman–Crippen MR) is 104 cm³/mol. The molecule has 25 heavy (non-hydrogen) atoms. The first-order chi connectivity index (χ1) is 11.6. The third-order valence-electron chi connectivity index (χ3n) is 3.80. The number of sulfone groups is 1. The van der Waals surface area contributed by atoms with Crippen LogP contribution in [0, 0.1) is 19.8 Å². The lowest BCUT2D eigenvalue weighted by molar-refractivity contribution is 0.449. The summed E-state index contributed by atoms with van der Waals surface area (Å²) in [4.78, 5) is 4.63. The number of nitrogens with one attached hydrogen (secondary N) is 2. The molecule has 0 radical (unpaired) electrons. The van der Waals surface area contributed by atoms with Gasteiger partial charge in [0, 0.05) is 37.6 Å². The van der Waals surface area contributed by atoms with Gasteiger partial charge in [-0.15, -0.1) is 0 Å². The number of aryl methyl sites for hydroxylation is 2. The van der Waals surface area contributed by atoms with Gasteiger partial charge in [-0.25, -0.2) is 8.42 Å². The Morgan fingerprint density at radius 1 is 1.36 bits per heavy atom. The lowest BCUT2D eigenvalue weighted by Gasteiger charge is -2.18. The van der Waals surface area contributed by atoms with Crippen molar-refractivity contribution in [2.24, 2.45) is 10.9 Å². The fraction of sp³-hybridized carbons (Fsp3) is 0.765. The molecule has 1 rings (SSSR count). The highest BCUT2D eigenvalue weighted by Crippen LogP contribution is 2.07. The molecule has 0 aliphatic heterocycles. The van der Waals surface area contributed by atoms with Crippen molar-refractivity contribution in [2.45, 2.75) is 53.6 Å². The summed E-state index contributed by atoms with van der Waals surface area (Å²) >= 11 is 0. The Balaban J connectivity index is 2.57. The molecule has 0 spiro atoms. The minimum Gasteiger partial charge on any atom is -0.357 e. The zero-order valence-corrected chi connectivity index (χ0v) is 17.2. The molecule has 1 aromatic rings. The van der Waals surface area contributed by atoms with Gasteiger partial charge in [0.1, 0.15) is 9.84 Å². The number of rotatable bonds is 9. The standard InChI is InChI=1S/C17H33N5O2S/c1-7-18-17(20-14(3)8-9-25(6,23)24)19-11-13(2)12-22-16(5)10-15(4)21-22/h10,13-14H,7-9,11-12H2,1-6H3,(H2,18,19,20). The second-order valence-electron chi connectivity index (χ2n) is 6.90. The number of guanidine groups is 1. The van der Waals surface area contributed by atoms with Crippen LogP contribution >= 0.6 is 0 Å². The average Bonchev–Trinajstić information content (AvgIpc) is 2.80. The molecule has 1 heterocycles. The van der Waals surface area contributed by atoms with E-state index in [0.717, 1.165) is 30.4 Å². The van der Waals surface area contributed by atoms with Gasteiger partial charge in [0.25, 0.3) is 0 Å². The van der Waals surface area contributed by atoms with Crippen molar-refractivity contribution >= 4 is 15.8 Å². The summed E-state index contributed by atoms with van der Waals surface area (Å²) in [6, 6.07) is 2.12. The molecular weight excluding hydrogens is 338 g/mol. The Morgan fingerprint density at radius 2 is 2.04 bits per heavy atom. The predicted octanol–water partition coefficient (Wildman–Crippen LogP) is 1.51. The highest BCUT2D eigenvalue weighted by atomic mass is 32.2. The molecule has 0 bridgehead atoms. The number of aliphatic imine (C=N–C) groups is 1. The number of aromatic nitrogens is 2. The lowest BCUT2D eigenvalue weighted by Crippen LogP contribution is -2.43. The number of hydrogen-bond acceptors (Lipinski definition) is 4. The molecular formula is C17H33N5O2S. The minimum atomic E-state index is -2.94. The van der Waals surface area contributed by atoms with E-state index in [-0.39, 0.29) is 11.8 Å². The van der Waals surface area contributed by atoms with Crippen LogP contribution in [0.1, 0.15) is 38.6 Å². The van der Waals surface area contributed by atoms with Crippen molar-refractivity contribution in [3.63, 3.8) is 0 Å². The van der Waals surface area contributed by atoms with Gasteiger partial charge in [0.2, 0.25) is 0 Å². The van der Waals surface area contributed by atoms with Crippen molar-refractivity contribution in [1.82, 2.24) is 20.4 Å². The molecule has 2 unspecified atom stereocenters. The Morgan fingerprint density at radius 3 is 2.56 bits per heavy atom. The van der Waals surface area contributed by atoms with Crippen molar-refractivity contribution in [2.75, 3.05) is 25.1 Å². The first kappa shape index (κ1) is 21.5. The highest BCUT2D eigenvalue weighted by Gasteiger charge is 2.11. The SMILES string of the molecule is CCNC(=NCC(C)Cn1nc(C)cc1C)NC(C)CCS(C)(=O)=O. The molecule has 0 aliphatic carbocycles. The van der Waals surface area contributed by atoms with E-state index >= 15 is 0 Å². The fourth-order valence-corrected chi connectivity index (χ4v) is 3.26. The van der Waals surface area contributed by atoms with Crippen LogP contribution in [0.5, 0.6) is 0 Å². The third-order valence-corrected chi connectivity index (χ3v) is 4.78. The van der Waals surface area contributed by atoms with E-state index in [1.165, 1.54) is 6.26 Å². The van der Waals surface area contributed by atoms with Crippen molar-refractivity contribution in [1.29, 1.82) is 0 Å². The van der Waals surface area contributed by atoms with Crippen molar-refractivity contribution < 1.29 is 8.42 Å². The summed E-state index contributed by atoms with van der Waals surface area (Å²) in [6.07, 6.45) is 1.82. The second kappa shape index (κ2) is 9.79. The highest BCUT2D eigenvalue weighted by molar-refractivity contribution is 7.90. The van der Waals surface area contributed by atoms with Crippen molar-refractivity contribution in [3.05, 3.63) is 17.5 Å². The Labute approximate surface area is 152 Å². The fourth-order valence-electron chi connectivity index (χ4n) is 2.48. The van der Waals surface area contributed by atoms with Crippen LogP contribution in [0.15, 0.2) is 11.1 Å². The van der Waals surface area contributed by atoms with Gasteiger partial charge in [-0.05, 0) is 46.1 Å². The zero-order chi connectivity index (χ0) is 19.0. The third kappa shape index (κ3) is 8.90. The molecule has 144 valence electrons. The Bertz CT molecular complexity index is 667. The quantitative estimate of drug-likeness (QED) is 0.507. The smallest absolute Gasteiger partial charge is 0.191 e. The van der Waals surface area contributed by atoms with Crippen LogP contribution in [0.3, 0.4) is 0 Å². The largest absolute Gasteiger partial charge is 0.357 e. The molecule has 7 nitrogen and oxygen atoms in total. The maximum absolute atomic E-state index is 11.3. The first-order valence-electron chi connectivity index (χ1n) is 8.84. The molecule has 0 saturated carbocycles. The summed E-state index contributed by atoms with van der Waals surface area (Å²) < 4.78 is 24.6. The lowest BCUT2D eigenvalue weighted by atomic mass is 10.2. The average molecular weight is 372 g/mol. The molecule has 0 fully saturated rings. The van der Waals surface area contributed by atoms with Gasteiger partial charge < -0.3 is 10.6 Å². The maximum atomic E-state index is 11.3. The van der Waals surface area contributed by atoms with E-state index in [1.54, 1.807) is 0 Å². The van der Waals surface area contributed by atoms with Gasteiger partial charge in [-0.1, -0.05) is 6.92 Å². The van der Waals surface area contributed by atoms with E-state index in [9.17, 15) is 8.42 Å². The normalized spacial score (nSPS) is 15.0. The summed E-state index contributed by atoms with van der Waals surface area (Å²) in [5.74, 6) is 1.25. The molecule has 8 heteroatoms. The van der Waals surface area contributed by atoms with Crippen LogP contribution in [-0.2, 0) is 16.4 Å². The monoisotopic (exact) mass is 371 g/mol. The molecule has 0 aliphatic rings. The minimum absolute atomic E-state index is 0.0406. The summed E-state index contributed by atoms with van der Waals surface area (Å²) in [6.45, 7) is 12.4. The molecule has 2 N–H and O–H groups in total. The Hall–Kier alpha value is -1.57. The van der Waals surface area contributed by atoms with E-state index in [1.807, 2.05) is 25.5 Å². The van der Waals surface area contributed by atoms with E-state index in [0.29, 0.717) is 18.9 Å². The topological polar surface area (TPSA) is 88.4 Å². The van der Waals surface area contributed by atoms with Gasteiger partial charge in [-0.3, -0.25) is 9.67 Å². The van der Waals surface area contributed by atoms with E-state index in [2.05, 4.69) is 40.6 Å². The Kier molecular flexibility index (Phi) is 8.41. The van der Waals surface area contributed by atoms with Crippen LogP contribution in [-0.4, -0.2) is 55.3 Å². The number of hydrogen-bond donors (Lipinski definition) is 2. The van der Waals surface area contributed by atoms with Gasteiger partial charge in [0.15, 0.2) is 5.96 Å². The van der Waals surface area contributed by atoms with Gasteiger partial charge in [0.05, 0.1) is 11.4 Å². The summed E-state index contributed by atoms with van der Waals surface area (Å²) in [5, 5.41) is 11.0. The number of nitrogens with zero attached hydrogens (tertiary/aromatic N) is 3. The molecule has 0 saturated heterocycles. The van der Waals surface area contributed by atoms with E-state index in [4.69, 9.17) is 0 Å². The zero-order valence-electron chi connectivity index (χ0n) is 16.3. The van der Waals surface area contributed by atoms with E-state index < -0.39 is 9.84 Å². The van der Waals surface area contributed by atoms with Gasteiger partial charge >= 0.3 is 0 Å². The van der Waals surface area contributed by atoms with Gasteiger partial charge in [-0.2, -0.15) is 5.10 Å². The first-order valence-corrected chi connectivity index (χ1v) is 10.9. The van der Waals surface area contributed by atoms with Crippen LogP contribution in [0.4, 0.5) is 0 Å². The maximum Gasteiger partial charge on any atom is 0.191 e. The van der Waals surface area contributed by atoms with Crippen LogP contribution in [0.2, 0.25) is 0 Å². The molecule has 1 aromatic heterocycles. The molecule has 0 amide bonds. The summed E-state index contributed by atoms with van der Waals surface area (Å²) in [7, 11) is -2.94. The second-order valence-corrected chi connectivity index (χ2v) is 9.16. The van der Waals surface area contributed by atoms with Crippen LogP contribution < -0.4 is 10.6 Å². The summed E-state index contributed by atoms with van der Waals surface area (Å²) in [5.41, 5.74) is 2.19. The van der Waals surface area contributed by atoms with Crippen molar-refractivity contribution in [3.8, 4) is 0 Å². The molecule has 2 atom stereocenters. The van der Waals surface area contributed by atoms with Crippen LogP contribution in [0.25, 0.3) is 0 Å². The molecule has 0 aromatic carbocycles.